The molecule has 2 heterocycles. The van der Waals surface area contributed by atoms with E-state index in [1.807, 2.05) is 36.5 Å². The summed E-state index contributed by atoms with van der Waals surface area (Å²) in [5.41, 5.74) is 4.31. The number of aliphatic imine (C=N–C) groups is 1. The Morgan fingerprint density at radius 2 is 1.83 bits per heavy atom. The first-order chi connectivity index (χ1) is 17.4. The second-order valence-electron chi connectivity index (χ2n) is 8.36. The molecule has 36 heavy (non-hydrogen) atoms. The monoisotopic (exact) mass is 483 g/mol. The predicted molar refractivity (Wildman–Crippen MR) is 138 cm³/mol. The second-order valence-corrected chi connectivity index (χ2v) is 8.36. The molecule has 0 radical (unpaired) electrons. The van der Waals surface area contributed by atoms with Crippen LogP contribution in [0.5, 0.6) is 0 Å². The van der Waals surface area contributed by atoms with Crippen molar-refractivity contribution in [2.24, 2.45) is 4.99 Å². The molecule has 0 spiro atoms. The van der Waals surface area contributed by atoms with Crippen LogP contribution in [0.15, 0.2) is 88.8 Å². The van der Waals surface area contributed by atoms with Crippen molar-refractivity contribution in [2.45, 2.75) is 13.3 Å². The Hall–Kier alpha value is -4.79. The number of nitrogens with one attached hydrogen (secondary N) is 2. The van der Waals surface area contributed by atoms with Crippen LogP contribution in [0, 0.1) is 15.9 Å². The molecule has 0 amide bonds. The molecule has 5 aromatic rings. The number of hydrogen-bond acceptors (Lipinski definition) is 4. The standard InChI is InChI=1S/C27H22FN5O3/c1-17(29-14-13-19-16-30-24-12-7-20(28)15-23(19)24)25-26(18-5-3-2-4-6-18)31-32(27(25)34)21-8-10-22(11-9-21)33(35)36/h2-12,15-16,30-31H,13-14H2,1H3. The van der Waals surface area contributed by atoms with Gasteiger partial charge in [0.05, 0.1) is 21.9 Å². The highest BCUT2D eigenvalue weighted by Gasteiger charge is 2.19. The van der Waals surface area contributed by atoms with E-state index in [1.165, 1.54) is 41.1 Å². The van der Waals surface area contributed by atoms with Gasteiger partial charge in [-0.15, -0.1) is 0 Å². The topological polar surface area (TPSA) is 109 Å². The van der Waals surface area contributed by atoms with Gasteiger partial charge in [-0.3, -0.25) is 25.0 Å². The van der Waals surface area contributed by atoms with E-state index >= 15 is 0 Å². The highest BCUT2D eigenvalue weighted by atomic mass is 19.1. The molecule has 9 heteroatoms. The molecule has 0 aliphatic heterocycles. The lowest BCUT2D eigenvalue weighted by atomic mass is 10.1. The van der Waals surface area contributed by atoms with Crippen LogP contribution < -0.4 is 5.56 Å². The molecule has 0 aliphatic carbocycles. The Balaban J connectivity index is 1.50. The third-order valence-corrected chi connectivity index (χ3v) is 6.09. The summed E-state index contributed by atoms with van der Waals surface area (Å²) in [6, 6.07) is 19.8. The van der Waals surface area contributed by atoms with Crippen molar-refractivity contribution in [2.75, 3.05) is 6.54 Å². The third kappa shape index (κ3) is 4.34. The van der Waals surface area contributed by atoms with Crippen molar-refractivity contribution >= 4 is 22.3 Å². The zero-order chi connectivity index (χ0) is 25.2. The lowest BCUT2D eigenvalue weighted by Crippen LogP contribution is -2.20. The number of benzene rings is 3. The zero-order valence-electron chi connectivity index (χ0n) is 19.4. The van der Waals surface area contributed by atoms with Crippen molar-refractivity contribution in [3.63, 3.8) is 0 Å². The van der Waals surface area contributed by atoms with Crippen LogP contribution in [-0.4, -0.2) is 31.9 Å². The fourth-order valence-electron chi connectivity index (χ4n) is 4.27. The quantitative estimate of drug-likeness (QED) is 0.183. The van der Waals surface area contributed by atoms with E-state index in [9.17, 15) is 19.3 Å². The Morgan fingerprint density at radius 3 is 2.56 bits per heavy atom. The van der Waals surface area contributed by atoms with Gasteiger partial charge in [0.15, 0.2) is 0 Å². The predicted octanol–water partition coefficient (Wildman–Crippen LogP) is 5.41. The van der Waals surface area contributed by atoms with Crippen molar-refractivity contribution in [3.05, 3.63) is 116 Å². The molecule has 0 aliphatic rings. The van der Waals surface area contributed by atoms with E-state index in [4.69, 9.17) is 0 Å². The lowest BCUT2D eigenvalue weighted by molar-refractivity contribution is -0.384. The summed E-state index contributed by atoms with van der Waals surface area (Å²) in [5, 5.41) is 15.0. The Kier molecular flexibility index (Phi) is 6.03. The molecule has 0 saturated heterocycles. The van der Waals surface area contributed by atoms with Crippen molar-refractivity contribution in [3.8, 4) is 16.9 Å². The van der Waals surface area contributed by atoms with E-state index in [0.29, 0.717) is 35.6 Å². The lowest BCUT2D eigenvalue weighted by Gasteiger charge is -2.03. The van der Waals surface area contributed by atoms with Crippen LogP contribution >= 0.6 is 0 Å². The zero-order valence-corrected chi connectivity index (χ0v) is 19.4. The molecular weight excluding hydrogens is 461 g/mol. The van der Waals surface area contributed by atoms with Crippen LogP contribution in [0.4, 0.5) is 10.1 Å². The first-order valence-corrected chi connectivity index (χ1v) is 11.3. The van der Waals surface area contributed by atoms with Gasteiger partial charge in [-0.05, 0) is 49.2 Å². The highest BCUT2D eigenvalue weighted by Crippen LogP contribution is 2.23. The van der Waals surface area contributed by atoms with E-state index in [1.54, 1.807) is 13.0 Å². The number of H-pyrrole nitrogens is 2. The molecule has 3 aromatic carbocycles. The molecule has 8 nitrogen and oxygen atoms in total. The average Bonchev–Trinajstić information content (AvgIpc) is 3.45. The van der Waals surface area contributed by atoms with Crippen molar-refractivity contribution in [1.82, 2.24) is 14.8 Å². The summed E-state index contributed by atoms with van der Waals surface area (Å²) in [6.07, 6.45) is 2.42. The number of nitro benzene ring substituents is 1. The van der Waals surface area contributed by atoms with Gasteiger partial charge in [0.1, 0.15) is 5.82 Å². The number of fused-ring (bicyclic) bond motifs is 1. The average molecular weight is 484 g/mol. The number of nitro groups is 1. The fourth-order valence-corrected chi connectivity index (χ4v) is 4.27. The summed E-state index contributed by atoms with van der Waals surface area (Å²) in [7, 11) is 0. The molecule has 2 aromatic heterocycles. The van der Waals surface area contributed by atoms with Crippen LogP contribution in [0.1, 0.15) is 18.1 Å². The Labute approximate surface area is 204 Å². The number of rotatable bonds is 7. The fraction of sp³-hybridized carbons (Fsp3) is 0.111. The highest BCUT2D eigenvalue weighted by molar-refractivity contribution is 6.03. The Bertz CT molecular complexity index is 1650. The van der Waals surface area contributed by atoms with E-state index < -0.39 is 4.92 Å². The van der Waals surface area contributed by atoms with Crippen molar-refractivity contribution in [1.29, 1.82) is 0 Å². The number of halogens is 1. The van der Waals surface area contributed by atoms with Gasteiger partial charge in [0.25, 0.3) is 11.2 Å². The van der Waals surface area contributed by atoms with Crippen LogP contribution in [-0.2, 0) is 6.42 Å². The molecule has 0 fully saturated rings. The van der Waals surface area contributed by atoms with Crippen LogP contribution in [0.2, 0.25) is 0 Å². The van der Waals surface area contributed by atoms with Crippen LogP contribution in [0.3, 0.4) is 0 Å². The van der Waals surface area contributed by atoms with Gasteiger partial charge >= 0.3 is 0 Å². The summed E-state index contributed by atoms with van der Waals surface area (Å²) < 4.78 is 15.1. The molecule has 0 unspecified atom stereocenters. The second kappa shape index (κ2) is 9.46. The van der Waals surface area contributed by atoms with Gasteiger partial charge in [0.2, 0.25) is 0 Å². The van der Waals surface area contributed by atoms with Gasteiger partial charge in [-0.1, -0.05) is 30.3 Å². The SMILES string of the molecule is CC(=NCCc1c[nH]c2ccc(F)cc12)c1c(-c2ccccc2)[nH]n(-c2ccc([N+](=O)[O-])cc2)c1=O. The molecule has 180 valence electrons. The summed E-state index contributed by atoms with van der Waals surface area (Å²) in [5.74, 6) is -0.297. The van der Waals surface area contributed by atoms with E-state index in [2.05, 4.69) is 15.1 Å². The number of aromatic nitrogens is 3. The number of nitrogens with zero attached hydrogens (tertiary/aromatic N) is 3. The Morgan fingerprint density at radius 1 is 1.08 bits per heavy atom. The van der Waals surface area contributed by atoms with Gasteiger partial charge in [-0.25, -0.2) is 9.07 Å². The molecule has 0 saturated carbocycles. The summed E-state index contributed by atoms with van der Waals surface area (Å²) in [6.45, 7) is 2.19. The van der Waals surface area contributed by atoms with Crippen molar-refractivity contribution < 1.29 is 9.31 Å². The molecular formula is C27H22FN5O3. The normalized spacial score (nSPS) is 11.8. The number of hydrogen-bond donors (Lipinski definition) is 2. The molecule has 5 rings (SSSR count). The minimum atomic E-state index is -0.485. The summed E-state index contributed by atoms with van der Waals surface area (Å²) in [4.78, 5) is 31.8. The maximum absolute atomic E-state index is 13.7. The molecule has 0 atom stereocenters. The first kappa shape index (κ1) is 23.0. The largest absolute Gasteiger partial charge is 0.361 e. The van der Waals surface area contributed by atoms with E-state index in [-0.39, 0.29) is 17.1 Å². The number of non-ortho nitro benzene ring substituents is 1. The van der Waals surface area contributed by atoms with E-state index in [0.717, 1.165) is 22.0 Å². The van der Waals surface area contributed by atoms with Crippen LogP contribution in [0.25, 0.3) is 27.8 Å². The minimum absolute atomic E-state index is 0.0585. The van der Waals surface area contributed by atoms with Gasteiger partial charge in [-0.2, -0.15) is 0 Å². The maximum Gasteiger partial charge on any atom is 0.280 e. The van der Waals surface area contributed by atoms with Gasteiger partial charge < -0.3 is 4.98 Å². The minimum Gasteiger partial charge on any atom is -0.361 e. The first-order valence-electron chi connectivity index (χ1n) is 11.3. The maximum atomic E-state index is 13.7. The molecule has 2 N–H and O–H groups in total. The third-order valence-electron chi connectivity index (χ3n) is 6.09. The number of aromatic amines is 2. The smallest absolute Gasteiger partial charge is 0.280 e. The molecule has 0 bridgehead atoms. The van der Waals surface area contributed by atoms with Gasteiger partial charge in [0, 0.05) is 47.1 Å². The summed E-state index contributed by atoms with van der Waals surface area (Å²) >= 11 is 0.